The van der Waals surface area contributed by atoms with E-state index >= 15 is 0 Å². The molecule has 22 heavy (non-hydrogen) atoms. The van der Waals surface area contributed by atoms with Crippen molar-refractivity contribution in [1.29, 1.82) is 0 Å². The van der Waals surface area contributed by atoms with Crippen molar-refractivity contribution in [2.45, 2.75) is 25.4 Å². The van der Waals surface area contributed by atoms with Crippen LogP contribution in [0.3, 0.4) is 0 Å². The summed E-state index contributed by atoms with van der Waals surface area (Å²) in [5, 5.41) is 0. The minimum atomic E-state index is -0.477. The van der Waals surface area contributed by atoms with Gasteiger partial charge in [-0.15, -0.1) is 0 Å². The Hall–Kier alpha value is -2.33. The molecule has 1 fully saturated rings. The highest BCUT2D eigenvalue weighted by molar-refractivity contribution is 6.05. The van der Waals surface area contributed by atoms with E-state index in [2.05, 4.69) is 31.2 Å². The fourth-order valence-corrected chi connectivity index (χ4v) is 2.85. The molecule has 1 aliphatic heterocycles. The Morgan fingerprint density at radius 2 is 1.73 bits per heavy atom. The zero-order chi connectivity index (χ0) is 15.7. The molecule has 1 aliphatic rings. The fraction of sp³-hybridized carbons (Fsp3) is 0.278. The molecular formula is C18H20N2O2. The standard InChI is InChI=1S/C18H20N2O2/c1-3-12-4-6-13(7-5-12)17-16(19)18(21)20(17)14-8-10-15(22-2)11-9-14/h4-11,16-17H,3,19H2,1-2H3. The highest BCUT2D eigenvalue weighted by atomic mass is 16.5. The molecule has 1 heterocycles. The van der Waals surface area contributed by atoms with Gasteiger partial charge in [0.2, 0.25) is 5.91 Å². The van der Waals surface area contributed by atoms with Crippen LogP contribution < -0.4 is 15.4 Å². The third kappa shape index (κ3) is 2.35. The first-order valence-electron chi connectivity index (χ1n) is 7.47. The molecule has 3 rings (SSSR count). The first kappa shape index (κ1) is 14.6. The van der Waals surface area contributed by atoms with Crippen LogP contribution in [-0.4, -0.2) is 19.1 Å². The number of nitrogens with two attached hydrogens (primary N) is 1. The number of carbonyl (C=O) groups is 1. The van der Waals surface area contributed by atoms with Gasteiger partial charge in [0, 0.05) is 5.69 Å². The summed E-state index contributed by atoms with van der Waals surface area (Å²) in [5.41, 5.74) is 9.23. The molecule has 2 unspecified atom stereocenters. The number of anilines is 1. The fourth-order valence-electron chi connectivity index (χ4n) is 2.85. The van der Waals surface area contributed by atoms with Crippen molar-refractivity contribution in [3.63, 3.8) is 0 Å². The van der Waals surface area contributed by atoms with Crippen LogP contribution in [-0.2, 0) is 11.2 Å². The molecule has 2 N–H and O–H groups in total. The number of benzene rings is 2. The smallest absolute Gasteiger partial charge is 0.247 e. The predicted molar refractivity (Wildman–Crippen MR) is 87.0 cm³/mol. The molecule has 0 radical (unpaired) electrons. The number of rotatable bonds is 4. The van der Waals surface area contributed by atoms with Crippen molar-refractivity contribution in [3.05, 3.63) is 59.7 Å². The number of hydrogen-bond acceptors (Lipinski definition) is 3. The molecule has 0 bridgehead atoms. The maximum absolute atomic E-state index is 12.2. The van der Waals surface area contributed by atoms with Crippen molar-refractivity contribution in [3.8, 4) is 5.75 Å². The van der Waals surface area contributed by atoms with E-state index < -0.39 is 6.04 Å². The van der Waals surface area contributed by atoms with Gasteiger partial charge in [-0.3, -0.25) is 4.79 Å². The van der Waals surface area contributed by atoms with Gasteiger partial charge in [-0.25, -0.2) is 0 Å². The van der Waals surface area contributed by atoms with Gasteiger partial charge in [0.25, 0.3) is 0 Å². The van der Waals surface area contributed by atoms with Crippen LogP contribution in [0.5, 0.6) is 5.75 Å². The van der Waals surface area contributed by atoms with Crippen LogP contribution in [0.4, 0.5) is 5.69 Å². The Morgan fingerprint density at radius 1 is 1.09 bits per heavy atom. The Bertz CT molecular complexity index is 664. The minimum Gasteiger partial charge on any atom is -0.497 e. The van der Waals surface area contributed by atoms with Crippen LogP contribution in [0.15, 0.2) is 48.5 Å². The third-order valence-electron chi connectivity index (χ3n) is 4.22. The topological polar surface area (TPSA) is 55.6 Å². The molecule has 0 saturated carbocycles. The monoisotopic (exact) mass is 296 g/mol. The second-order valence-corrected chi connectivity index (χ2v) is 5.47. The number of nitrogens with zero attached hydrogens (tertiary/aromatic N) is 1. The molecule has 0 aliphatic carbocycles. The SMILES string of the molecule is CCc1ccc(C2C(N)C(=O)N2c2ccc(OC)cc2)cc1. The average Bonchev–Trinajstić information content (AvgIpc) is 2.59. The highest BCUT2D eigenvalue weighted by Crippen LogP contribution is 2.38. The third-order valence-corrected chi connectivity index (χ3v) is 4.22. The van der Waals surface area contributed by atoms with Crippen molar-refractivity contribution in [2.24, 2.45) is 5.73 Å². The van der Waals surface area contributed by atoms with Crippen molar-refractivity contribution in [1.82, 2.24) is 0 Å². The number of hydrogen-bond donors (Lipinski definition) is 1. The van der Waals surface area contributed by atoms with E-state index in [1.807, 2.05) is 24.3 Å². The predicted octanol–water partition coefficient (Wildman–Crippen LogP) is 2.67. The summed E-state index contributed by atoms with van der Waals surface area (Å²) in [4.78, 5) is 13.9. The Kier molecular flexibility index (Phi) is 3.86. The number of carbonyl (C=O) groups excluding carboxylic acids is 1. The van der Waals surface area contributed by atoms with Crippen molar-refractivity contribution in [2.75, 3.05) is 12.0 Å². The van der Waals surface area contributed by atoms with Gasteiger partial charge in [-0.1, -0.05) is 31.2 Å². The summed E-state index contributed by atoms with van der Waals surface area (Å²) < 4.78 is 5.16. The van der Waals surface area contributed by atoms with Crippen molar-refractivity contribution >= 4 is 11.6 Å². The molecule has 0 aromatic heterocycles. The van der Waals surface area contributed by atoms with Gasteiger partial charge >= 0.3 is 0 Å². The van der Waals surface area contributed by atoms with Crippen LogP contribution in [0.25, 0.3) is 0 Å². The lowest BCUT2D eigenvalue weighted by Crippen LogP contribution is -2.63. The lowest BCUT2D eigenvalue weighted by atomic mass is 9.88. The molecule has 2 atom stereocenters. The lowest BCUT2D eigenvalue weighted by molar-refractivity contribution is -0.126. The Balaban J connectivity index is 1.89. The largest absolute Gasteiger partial charge is 0.497 e. The number of ether oxygens (including phenoxy) is 1. The van der Waals surface area contributed by atoms with Gasteiger partial charge in [-0.2, -0.15) is 0 Å². The van der Waals surface area contributed by atoms with Crippen LogP contribution in [0, 0.1) is 0 Å². The first-order valence-corrected chi connectivity index (χ1v) is 7.47. The lowest BCUT2D eigenvalue weighted by Gasteiger charge is -2.45. The van der Waals surface area contributed by atoms with E-state index in [1.165, 1.54) is 5.56 Å². The average molecular weight is 296 g/mol. The zero-order valence-corrected chi connectivity index (χ0v) is 12.8. The number of methoxy groups -OCH3 is 1. The minimum absolute atomic E-state index is 0.0465. The molecule has 4 heteroatoms. The van der Waals surface area contributed by atoms with Gasteiger partial charge in [0.05, 0.1) is 13.2 Å². The van der Waals surface area contributed by atoms with E-state index in [9.17, 15) is 4.79 Å². The zero-order valence-electron chi connectivity index (χ0n) is 12.8. The highest BCUT2D eigenvalue weighted by Gasteiger charge is 2.46. The Morgan fingerprint density at radius 3 is 2.27 bits per heavy atom. The van der Waals surface area contributed by atoms with Crippen LogP contribution in [0.2, 0.25) is 0 Å². The molecule has 4 nitrogen and oxygen atoms in total. The van der Waals surface area contributed by atoms with Crippen LogP contribution >= 0.6 is 0 Å². The molecule has 0 spiro atoms. The van der Waals surface area contributed by atoms with E-state index in [1.54, 1.807) is 12.0 Å². The van der Waals surface area contributed by atoms with E-state index in [0.717, 1.165) is 23.4 Å². The summed E-state index contributed by atoms with van der Waals surface area (Å²) in [6, 6.07) is 15.2. The van der Waals surface area contributed by atoms with Gasteiger partial charge < -0.3 is 15.4 Å². The summed E-state index contributed by atoms with van der Waals surface area (Å²) in [6.45, 7) is 2.12. The molecule has 1 saturated heterocycles. The van der Waals surface area contributed by atoms with Crippen LogP contribution in [0.1, 0.15) is 24.1 Å². The molecule has 114 valence electrons. The second kappa shape index (κ2) is 5.81. The van der Waals surface area contributed by atoms with E-state index in [-0.39, 0.29) is 11.9 Å². The number of aryl methyl sites for hydroxylation is 1. The normalized spacial score (nSPS) is 20.7. The summed E-state index contributed by atoms with van der Waals surface area (Å²) in [6.07, 6.45) is 0.998. The maximum atomic E-state index is 12.2. The maximum Gasteiger partial charge on any atom is 0.247 e. The molecule has 1 amide bonds. The van der Waals surface area contributed by atoms with E-state index in [0.29, 0.717) is 0 Å². The van der Waals surface area contributed by atoms with Crippen molar-refractivity contribution < 1.29 is 9.53 Å². The number of β-lactam (4-membered cyclic amide) rings is 1. The Labute approximate surface area is 130 Å². The quantitative estimate of drug-likeness (QED) is 0.883. The van der Waals surface area contributed by atoms with Gasteiger partial charge in [0.1, 0.15) is 11.8 Å². The van der Waals surface area contributed by atoms with Gasteiger partial charge in [0.15, 0.2) is 0 Å². The number of amides is 1. The second-order valence-electron chi connectivity index (χ2n) is 5.47. The first-order chi connectivity index (χ1) is 10.7. The van der Waals surface area contributed by atoms with E-state index in [4.69, 9.17) is 10.5 Å². The molecule has 2 aromatic rings. The molecule has 2 aromatic carbocycles. The summed E-state index contributed by atoms with van der Waals surface area (Å²) in [7, 11) is 1.62. The summed E-state index contributed by atoms with van der Waals surface area (Å²) >= 11 is 0. The van der Waals surface area contributed by atoms with Gasteiger partial charge in [-0.05, 0) is 41.8 Å². The molecular weight excluding hydrogens is 276 g/mol. The summed E-state index contributed by atoms with van der Waals surface area (Å²) in [5.74, 6) is 0.722.